The highest BCUT2D eigenvalue weighted by molar-refractivity contribution is 5.94. The van der Waals surface area contributed by atoms with E-state index >= 15 is 0 Å². The van der Waals surface area contributed by atoms with Gasteiger partial charge in [0.1, 0.15) is 11.6 Å². The number of nitrogens with one attached hydrogen (secondary N) is 2. The molecule has 3 amide bonds. The Hall–Kier alpha value is -2.83. The molecule has 3 heterocycles. The van der Waals surface area contributed by atoms with E-state index in [9.17, 15) is 14.0 Å². The number of furan rings is 1. The van der Waals surface area contributed by atoms with Crippen LogP contribution < -0.4 is 10.6 Å². The predicted octanol–water partition coefficient (Wildman–Crippen LogP) is 3.05. The van der Waals surface area contributed by atoms with Crippen LogP contribution in [-0.2, 0) is 6.54 Å². The molecule has 7 heteroatoms. The Bertz CT molecular complexity index is 792. The number of halogens is 1. The largest absolute Gasteiger partial charge is 0.467 e. The number of carbonyl (C=O) groups excluding carboxylic acids is 2. The molecule has 2 aromatic rings. The van der Waals surface area contributed by atoms with Crippen molar-refractivity contribution in [2.24, 2.45) is 0 Å². The summed E-state index contributed by atoms with van der Waals surface area (Å²) in [6, 6.07) is 9.34. The fourth-order valence-electron chi connectivity index (χ4n) is 4.16. The van der Waals surface area contributed by atoms with E-state index in [1.54, 1.807) is 12.3 Å². The lowest BCUT2D eigenvalue weighted by Crippen LogP contribution is -2.54. The van der Waals surface area contributed by atoms with Crippen LogP contribution in [0.25, 0.3) is 0 Å². The highest BCUT2D eigenvalue weighted by Gasteiger charge is 2.43. The van der Waals surface area contributed by atoms with Crippen LogP contribution in [-0.4, -0.2) is 35.0 Å². The smallest absolute Gasteiger partial charge is 0.318 e. The fraction of sp³-hybridized carbons (Fsp3) is 0.400. The average molecular weight is 371 g/mol. The zero-order chi connectivity index (χ0) is 18.8. The van der Waals surface area contributed by atoms with Crippen molar-refractivity contribution in [1.29, 1.82) is 0 Å². The third-order valence-corrected chi connectivity index (χ3v) is 5.40. The number of piperidine rings is 1. The Balaban J connectivity index is 1.33. The normalized spacial score (nSPS) is 23.9. The van der Waals surface area contributed by atoms with Crippen LogP contribution in [0, 0.1) is 5.82 Å². The number of urea groups is 1. The van der Waals surface area contributed by atoms with Gasteiger partial charge < -0.3 is 20.0 Å². The predicted molar refractivity (Wildman–Crippen MR) is 96.5 cm³/mol. The zero-order valence-corrected chi connectivity index (χ0v) is 14.9. The summed E-state index contributed by atoms with van der Waals surface area (Å²) in [7, 11) is 0. The number of amides is 3. The average Bonchev–Trinajstić information content (AvgIpc) is 3.27. The third kappa shape index (κ3) is 3.82. The van der Waals surface area contributed by atoms with Gasteiger partial charge in [-0.25, -0.2) is 9.18 Å². The molecule has 1 aromatic carbocycles. The first kappa shape index (κ1) is 17.6. The van der Waals surface area contributed by atoms with Gasteiger partial charge in [-0.3, -0.25) is 4.79 Å². The fourth-order valence-corrected chi connectivity index (χ4v) is 4.16. The van der Waals surface area contributed by atoms with Gasteiger partial charge in [-0.2, -0.15) is 0 Å². The molecule has 6 nitrogen and oxygen atoms in total. The quantitative estimate of drug-likeness (QED) is 0.867. The summed E-state index contributed by atoms with van der Waals surface area (Å²) in [5.74, 6) is 0.158. The summed E-state index contributed by atoms with van der Waals surface area (Å²) in [4.78, 5) is 26.9. The second-order valence-corrected chi connectivity index (χ2v) is 7.18. The van der Waals surface area contributed by atoms with Crippen molar-refractivity contribution in [1.82, 2.24) is 15.5 Å². The van der Waals surface area contributed by atoms with Gasteiger partial charge in [0.25, 0.3) is 5.91 Å². The minimum Gasteiger partial charge on any atom is -0.467 e. The maximum Gasteiger partial charge on any atom is 0.318 e. The monoisotopic (exact) mass is 371 g/mol. The van der Waals surface area contributed by atoms with Crippen molar-refractivity contribution in [2.45, 2.75) is 50.4 Å². The van der Waals surface area contributed by atoms with E-state index < -0.39 is 0 Å². The van der Waals surface area contributed by atoms with E-state index in [0.717, 1.165) is 31.4 Å². The van der Waals surface area contributed by atoms with Gasteiger partial charge in [-0.05, 0) is 62.1 Å². The highest BCUT2D eigenvalue weighted by Crippen LogP contribution is 2.35. The summed E-state index contributed by atoms with van der Waals surface area (Å²) < 4.78 is 18.3. The molecule has 1 aromatic heterocycles. The number of fused-ring (bicyclic) bond motifs is 2. The maximum absolute atomic E-state index is 13.0. The van der Waals surface area contributed by atoms with Gasteiger partial charge in [0.15, 0.2) is 0 Å². The van der Waals surface area contributed by atoms with E-state index in [0.29, 0.717) is 12.1 Å². The van der Waals surface area contributed by atoms with Crippen LogP contribution >= 0.6 is 0 Å². The molecule has 2 bridgehead atoms. The summed E-state index contributed by atoms with van der Waals surface area (Å²) in [6.45, 7) is 0.368. The first-order valence-corrected chi connectivity index (χ1v) is 9.25. The number of hydrogen-bond donors (Lipinski definition) is 2. The van der Waals surface area contributed by atoms with Crippen LogP contribution in [0.1, 0.15) is 41.8 Å². The van der Waals surface area contributed by atoms with Crippen molar-refractivity contribution >= 4 is 11.9 Å². The lowest BCUT2D eigenvalue weighted by Gasteiger charge is -2.39. The molecule has 0 aliphatic carbocycles. The zero-order valence-electron chi connectivity index (χ0n) is 14.9. The standard InChI is InChI=1S/C20H22FN3O3/c21-14-5-3-13(4-6-14)19(25)23-15-10-16-7-8-17(11-15)24(16)20(26)22-12-18-2-1-9-27-18/h1-6,9,15-17H,7-8,10-12H2,(H,22,26)(H,23,25)/t15?,16-,17+. The topological polar surface area (TPSA) is 74.6 Å². The van der Waals surface area contributed by atoms with E-state index in [2.05, 4.69) is 10.6 Å². The number of rotatable bonds is 4. The van der Waals surface area contributed by atoms with Gasteiger partial charge in [0.2, 0.25) is 0 Å². The number of hydrogen-bond acceptors (Lipinski definition) is 3. The van der Waals surface area contributed by atoms with E-state index in [1.807, 2.05) is 11.0 Å². The molecule has 142 valence electrons. The Morgan fingerprint density at radius 3 is 2.44 bits per heavy atom. The second-order valence-electron chi connectivity index (χ2n) is 7.18. The number of carbonyl (C=O) groups is 2. The van der Waals surface area contributed by atoms with Gasteiger partial charge in [0, 0.05) is 23.7 Å². The van der Waals surface area contributed by atoms with Crippen LogP contribution in [0.3, 0.4) is 0 Å². The van der Waals surface area contributed by atoms with Crippen LogP contribution in [0.4, 0.5) is 9.18 Å². The lowest BCUT2D eigenvalue weighted by molar-refractivity contribution is 0.0884. The third-order valence-electron chi connectivity index (χ3n) is 5.40. The molecule has 4 rings (SSSR count). The van der Waals surface area contributed by atoms with Crippen LogP contribution in [0.15, 0.2) is 47.1 Å². The number of nitrogens with zero attached hydrogens (tertiary/aromatic N) is 1. The first-order chi connectivity index (χ1) is 13.1. The molecule has 0 saturated carbocycles. The molecule has 0 radical (unpaired) electrons. The Morgan fingerprint density at radius 1 is 1.11 bits per heavy atom. The van der Waals surface area contributed by atoms with Crippen molar-refractivity contribution in [3.8, 4) is 0 Å². The molecular weight excluding hydrogens is 349 g/mol. The van der Waals surface area contributed by atoms with E-state index in [1.165, 1.54) is 24.3 Å². The van der Waals surface area contributed by atoms with E-state index in [4.69, 9.17) is 4.42 Å². The van der Waals surface area contributed by atoms with Gasteiger partial charge in [0.05, 0.1) is 12.8 Å². The van der Waals surface area contributed by atoms with Crippen molar-refractivity contribution < 1.29 is 18.4 Å². The minimum absolute atomic E-state index is 0.0224. The van der Waals surface area contributed by atoms with Gasteiger partial charge in [-0.1, -0.05) is 0 Å². The molecule has 2 fully saturated rings. The van der Waals surface area contributed by atoms with Crippen molar-refractivity contribution in [3.63, 3.8) is 0 Å². The first-order valence-electron chi connectivity index (χ1n) is 9.25. The summed E-state index contributed by atoms with van der Waals surface area (Å²) in [5, 5.41) is 5.95. The molecule has 2 saturated heterocycles. The van der Waals surface area contributed by atoms with Crippen LogP contribution in [0.5, 0.6) is 0 Å². The highest BCUT2D eigenvalue weighted by atomic mass is 19.1. The Labute approximate surface area is 156 Å². The SMILES string of the molecule is O=C(NC1C[C@H]2CC[C@@H](C1)N2C(=O)NCc1ccco1)c1ccc(F)cc1. The molecule has 2 aliphatic heterocycles. The van der Waals surface area contributed by atoms with Crippen molar-refractivity contribution in [3.05, 3.63) is 59.8 Å². The van der Waals surface area contributed by atoms with Crippen molar-refractivity contribution in [2.75, 3.05) is 0 Å². The molecule has 27 heavy (non-hydrogen) atoms. The molecule has 0 spiro atoms. The van der Waals surface area contributed by atoms with Crippen LogP contribution in [0.2, 0.25) is 0 Å². The molecule has 1 unspecified atom stereocenters. The summed E-state index contributed by atoms with van der Waals surface area (Å²) in [5.41, 5.74) is 0.447. The Kier molecular flexibility index (Phi) is 4.83. The lowest BCUT2D eigenvalue weighted by atomic mass is 9.97. The van der Waals surface area contributed by atoms with E-state index in [-0.39, 0.29) is 35.9 Å². The maximum atomic E-state index is 13.0. The van der Waals surface area contributed by atoms with Gasteiger partial charge in [-0.15, -0.1) is 0 Å². The summed E-state index contributed by atoms with van der Waals surface area (Å²) >= 11 is 0. The molecular formula is C20H22FN3O3. The molecule has 2 N–H and O–H groups in total. The number of benzene rings is 1. The molecule has 3 atom stereocenters. The molecule has 2 aliphatic rings. The summed E-state index contributed by atoms with van der Waals surface area (Å²) in [6.07, 6.45) is 4.94. The second kappa shape index (κ2) is 7.42. The minimum atomic E-state index is -0.363. The Morgan fingerprint density at radius 2 is 1.81 bits per heavy atom. The van der Waals surface area contributed by atoms with Gasteiger partial charge >= 0.3 is 6.03 Å².